The number of aryl methyl sites for hydroxylation is 7. The number of hydrogen-bond acceptors (Lipinski definition) is 15. The Morgan fingerprint density at radius 1 is 0.259 bits per heavy atom. The third-order valence-electron chi connectivity index (χ3n) is 26.1. The van der Waals surface area contributed by atoms with Crippen molar-refractivity contribution in [2.75, 3.05) is 0 Å². The number of nitrogens with one attached hydrogen (secondary N) is 10. The van der Waals surface area contributed by atoms with Crippen LogP contribution in [0.15, 0.2) is 101 Å². The number of aromatic amines is 10. The molecule has 135 heavy (non-hydrogen) atoms. The first-order chi connectivity index (χ1) is 64.7. The maximum absolute atomic E-state index is 13.4. The monoisotopic (exact) mass is 2000 g/mol. The SMILES string of the molecule is Cc1cc2[nH]ncc2c2c3c(c(-c4cn[nH]c4C(F)(F)F)nc12)CCCC3.Cc1cc2nc(-c3cn[nH]c3C(F)(F)F)c3c(c2c2cn[nH]c12)CCCC3.FC(F)(F)c1[nH]ncc1-c1nc2c(Br)cc3[nH]ncc3c2c2c1CCCC2.FC(F)(F)c1[nH]ncc1-c1nc2c(Cl)cc3[nH]ncc3c2c2c1CCCC2.FC(F)(F)c1[nH]ncc1-c1nc2cc(Br)c3[nH]ncc3c2c2c1CCCC2. The summed E-state index contributed by atoms with van der Waals surface area (Å²) >= 11 is 13.5. The smallest absolute Gasteiger partial charge is 0.278 e. The van der Waals surface area contributed by atoms with E-state index in [-0.39, 0.29) is 27.8 Å². The van der Waals surface area contributed by atoms with E-state index in [1.54, 1.807) is 37.1 Å². The number of hydrogen-bond donors (Lipinski definition) is 10. The molecular formula is C92H71Br2ClF15N25. The third-order valence-corrected chi connectivity index (χ3v) is 27.7. The minimum atomic E-state index is -4.54. The zero-order chi connectivity index (χ0) is 93.8. The van der Waals surface area contributed by atoms with Gasteiger partial charge in [0, 0.05) is 62.8 Å². The summed E-state index contributed by atoms with van der Waals surface area (Å²) in [7, 11) is 0. The van der Waals surface area contributed by atoms with Gasteiger partial charge in [-0.1, -0.05) is 11.6 Å². The molecule has 43 heteroatoms. The number of nitrogens with zero attached hydrogens (tertiary/aromatic N) is 15. The largest absolute Gasteiger partial charge is 0.433 e. The van der Waals surface area contributed by atoms with Gasteiger partial charge in [-0.2, -0.15) is 117 Å². The number of rotatable bonds is 5. The molecule has 5 aromatic carbocycles. The van der Waals surface area contributed by atoms with Crippen molar-refractivity contribution in [3.05, 3.63) is 201 Å². The molecule has 5 aliphatic rings. The van der Waals surface area contributed by atoms with Crippen LogP contribution < -0.4 is 0 Å². The third kappa shape index (κ3) is 15.5. The van der Waals surface area contributed by atoms with Crippen LogP contribution in [-0.4, -0.2) is 127 Å². The lowest BCUT2D eigenvalue weighted by molar-refractivity contribution is -0.141. The van der Waals surface area contributed by atoms with E-state index in [9.17, 15) is 65.9 Å². The van der Waals surface area contributed by atoms with E-state index in [1.807, 2.05) is 38.1 Å². The van der Waals surface area contributed by atoms with E-state index in [0.29, 0.717) is 87.7 Å². The van der Waals surface area contributed by atoms with Crippen LogP contribution in [-0.2, 0) is 95.1 Å². The van der Waals surface area contributed by atoms with Crippen molar-refractivity contribution in [2.24, 2.45) is 0 Å². The predicted octanol–water partition coefficient (Wildman–Crippen LogP) is 24.8. The highest BCUT2D eigenvalue weighted by atomic mass is 79.9. The van der Waals surface area contributed by atoms with E-state index in [4.69, 9.17) is 21.6 Å². The molecule has 25 nitrogen and oxygen atoms in total. The predicted molar refractivity (Wildman–Crippen MR) is 483 cm³/mol. The lowest BCUT2D eigenvalue weighted by Crippen LogP contribution is -2.11. The van der Waals surface area contributed by atoms with E-state index < -0.39 is 59.4 Å². The second-order valence-corrected chi connectivity index (χ2v) is 36.3. The number of benzene rings is 5. The van der Waals surface area contributed by atoms with Gasteiger partial charge < -0.3 is 0 Å². The molecule has 0 amide bonds. The molecule has 0 bridgehead atoms. The van der Waals surface area contributed by atoms with Crippen molar-refractivity contribution in [1.82, 2.24) is 127 Å². The highest BCUT2D eigenvalue weighted by Crippen LogP contribution is 2.51. The Balaban J connectivity index is 0.000000101. The molecule has 690 valence electrons. The average Bonchev–Trinajstić information content (AvgIpc) is 1.72. The molecular weight excluding hydrogens is 1940 g/mol. The minimum absolute atomic E-state index is 0.00161. The van der Waals surface area contributed by atoms with Gasteiger partial charge in [0.15, 0.2) is 0 Å². The van der Waals surface area contributed by atoms with Gasteiger partial charge in [0.25, 0.3) is 0 Å². The molecule has 25 rings (SSSR count). The fourth-order valence-electron chi connectivity index (χ4n) is 20.4. The first-order valence-corrected chi connectivity index (χ1v) is 45.2. The van der Waals surface area contributed by atoms with Crippen molar-refractivity contribution in [1.29, 1.82) is 0 Å². The van der Waals surface area contributed by atoms with Gasteiger partial charge in [-0.15, -0.1) is 0 Å². The summed E-state index contributed by atoms with van der Waals surface area (Å²) in [5, 5.41) is 74.1. The number of pyridine rings is 5. The summed E-state index contributed by atoms with van der Waals surface area (Å²) in [5.41, 5.74) is 16.7. The standard InChI is InChI=1S/2C19H16F3N5.2C18H13BrF3N5.C18H13ClF3N5/c1-9-6-14-15(12-7-23-26-16(9)12)10-4-2-3-5-11(10)17(25-14)13-8-24-27-18(13)19(20,21)22;1-9-6-14-12(7-23-26-14)15-10-4-2-3-5-11(10)17(25-16(9)15)13-8-24-27-18(13)19(20,21)22;19-12-5-13-14(10-6-23-26-16(10)12)8-3-1-2-4-9(8)15(25-13)11-7-24-27-17(11)18(20,21)22;2*19-12-5-13-10(6-23-26-13)14-8-3-1-2-4-9(8)15(25-16(12)14)11-7-24-27-17(11)18(20,21)22/h2*6-8H,2-5H2,1H3,(H,23,26)(H,24,27);3*5-7H,1-4H2,(H,23,26)(H,24,27). The number of halogens is 18. The molecule has 0 aliphatic heterocycles. The lowest BCUT2D eigenvalue weighted by Gasteiger charge is -2.22. The fourth-order valence-corrected chi connectivity index (χ4v) is 21.7. The van der Waals surface area contributed by atoms with Crippen LogP contribution in [0.5, 0.6) is 0 Å². The molecule has 0 radical (unpaired) electrons. The molecule has 20 aromatic rings. The highest BCUT2D eigenvalue weighted by molar-refractivity contribution is 9.11. The molecule has 0 unspecified atom stereocenters. The molecule has 0 fully saturated rings. The second-order valence-electron chi connectivity index (χ2n) is 34.1. The Morgan fingerprint density at radius 3 is 0.911 bits per heavy atom. The van der Waals surface area contributed by atoms with Crippen LogP contribution in [0.3, 0.4) is 0 Å². The Kier molecular flexibility index (Phi) is 22.0. The number of H-pyrrole nitrogens is 10. The first kappa shape index (κ1) is 88.3. The molecule has 15 heterocycles. The molecule has 0 atom stereocenters. The van der Waals surface area contributed by atoms with E-state index >= 15 is 0 Å². The van der Waals surface area contributed by atoms with Gasteiger partial charge >= 0.3 is 30.9 Å². The van der Waals surface area contributed by atoms with Gasteiger partial charge in [-0.3, -0.25) is 51.0 Å². The molecule has 15 aromatic heterocycles. The van der Waals surface area contributed by atoms with Gasteiger partial charge in [-0.25, -0.2) is 24.9 Å². The lowest BCUT2D eigenvalue weighted by atomic mass is 9.85. The Morgan fingerprint density at radius 2 is 0.533 bits per heavy atom. The summed E-state index contributed by atoms with van der Waals surface area (Å²) in [6.45, 7) is 3.87. The maximum atomic E-state index is 13.4. The summed E-state index contributed by atoms with van der Waals surface area (Å²) in [5.74, 6) is 0. The van der Waals surface area contributed by atoms with Crippen LogP contribution in [0.4, 0.5) is 65.9 Å². The zero-order valence-electron chi connectivity index (χ0n) is 70.8. The number of aromatic nitrogens is 25. The normalized spacial score (nSPS) is 14.8. The fraction of sp³-hybridized carbons (Fsp3) is 0.293. The zero-order valence-corrected chi connectivity index (χ0v) is 74.7. The number of fused-ring (bicyclic) bond motifs is 25. The van der Waals surface area contributed by atoms with Crippen LogP contribution >= 0.6 is 43.5 Å². The van der Waals surface area contributed by atoms with Crippen molar-refractivity contribution < 1.29 is 65.9 Å². The van der Waals surface area contributed by atoms with Gasteiger partial charge in [0.05, 0.1) is 178 Å². The maximum Gasteiger partial charge on any atom is 0.433 e. The molecule has 0 saturated heterocycles. The van der Waals surface area contributed by atoms with Crippen molar-refractivity contribution in [3.63, 3.8) is 0 Å². The van der Waals surface area contributed by atoms with Crippen LogP contribution in [0.1, 0.15) is 159 Å². The van der Waals surface area contributed by atoms with E-state index in [1.165, 1.54) is 31.0 Å². The molecule has 0 spiro atoms. The van der Waals surface area contributed by atoms with Gasteiger partial charge in [0.1, 0.15) is 28.5 Å². The number of alkyl halides is 15. The molecule has 10 N–H and O–H groups in total. The Labute approximate surface area is 771 Å². The first-order valence-electron chi connectivity index (χ1n) is 43.3. The quantitative estimate of drug-likeness (QED) is 0.0716. The van der Waals surface area contributed by atoms with Crippen molar-refractivity contribution >= 4 is 152 Å². The average molecular weight is 2010 g/mol. The van der Waals surface area contributed by atoms with Crippen LogP contribution in [0, 0.1) is 13.8 Å². The summed E-state index contributed by atoms with van der Waals surface area (Å²) in [6, 6.07) is 9.26. The highest BCUT2D eigenvalue weighted by Gasteiger charge is 2.44. The van der Waals surface area contributed by atoms with Crippen LogP contribution in [0.2, 0.25) is 5.02 Å². The van der Waals surface area contributed by atoms with Gasteiger partial charge in [-0.05, 0) is 271 Å². The van der Waals surface area contributed by atoms with E-state index in [2.05, 4.69) is 149 Å². The van der Waals surface area contributed by atoms with Gasteiger partial charge in [0.2, 0.25) is 0 Å². The second kappa shape index (κ2) is 33.7. The Bertz CT molecular complexity index is 7500. The van der Waals surface area contributed by atoms with Crippen molar-refractivity contribution in [2.45, 2.75) is 173 Å². The molecule has 0 saturated carbocycles. The van der Waals surface area contributed by atoms with Crippen LogP contribution in [0.25, 0.3) is 165 Å². The summed E-state index contributed by atoms with van der Waals surface area (Å²) < 4.78 is 203. The topological polar surface area (TPSA) is 351 Å². The summed E-state index contributed by atoms with van der Waals surface area (Å²) in [6.07, 6.45) is 9.39. The van der Waals surface area contributed by atoms with E-state index in [0.717, 1.165) is 259 Å². The minimum Gasteiger partial charge on any atom is -0.278 e. The molecule has 5 aliphatic carbocycles. The van der Waals surface area contributed by atoms with Crippen molar-refractivity contribution in [3.8, 4) is 56.3 Å². The Hall–Kier alpha value is -13.3. The summed E-state index contributed by atoms with van der Waals surface area (Å²) in [4.78, 5) is 23.4.